The summed E-state index contributed by atoms with van der Waals surface area (Å²) in [5.74, 6) is 0.706. The lowest BCUT2D eigenvalue weighted by molar-refractivity contribution is 0.665. The lowest BCUT2D eigenvalue weighted by atomic mass is 9.96. The summed E-state index contributed by atoms with van der Waals surface area (Å²) in [6.45, 7) is 7.07. The van der Waals surface area contributed by atoms with Gasteiger partial charge in [0.2, 0.25) is 0 Å². The van der Waals surface area contributed by atoms with Gasteiger partial charge in [-0.3, -0.25) is 0 Å². The molecule has 0 aliphatic carbocycles. The standard InChI is InChI=1S/C15H23N/c1-3-6-13(2)14-7-9-15(10-8-14)16-11-4-5-12-16/h7-10,13H,3-6,11-12H2,1-2H3. The van der Waals surface area contributed by atoms with Crippen molar-refractivity contribution >= 4 is 5.69 Å². The van der Waals surface area contributed by atoms with Gasteiger partial charge in [0.1, 0.15) is 0 Å². The Balaban J connectivity index is 2.03. The smallest absolute Gasteiger partial charge is 0.0366 e. The summed E-state index contributed by atoms with van der Waals surface area (Å²) in [6.07, 6.45) is 5.28. The first-order chi connectivity index (χ1) is 7.81. The van der Waals surface area contributed by atoms with E-state index in [0.717, 1.165) is 0 Å². The Morgan fingerprint density at radius 1 is 1.12 bits per heavy atom. The molecular formula is C15H23N. The van der Waals surface area contributed by atoms with Crippen molar-refractivity contribution in [2.45, 2.75) is 45.4 Å². The van der Waals surface area contributed by atoms with Crippen LogP contribution >= 0.6 is 0 Å². The first kappa shape index (κ1) is 11.5. The molecule has 1 aliphatic rings. The van der Waals surface area contributed by atoms with Crippen LogP contribution in [0.15, 0.2) is 24.3 Å². The van der Waals surface area contributed by atoms with Crippen LogP contribution in [0.1, 0.15) is 51.0 Å². The van der Waals surface area contributed by atoms with Crippen LogP contribution in [-0.4, -0.2) is 13.1 Å². The van der Waals surface area contributed by atoms with E-state index in [1.54, 1.807) is 0 Å². The van der Waals surface area contributed by atoms with E-state index in [1.807, 2.05) is 0 Å². The van der Waals surface area contributed by atoms with Crippen molar-refractivity contribution in [2.24, 2.45) is 0 Å². The SMILES string of the molecule is CCCC(C)c1ccc(N2CCCC2)cc1. The van der Waals surface area contributed by atoms with Crippen molar-refractivity contribution in [1.82, 2.24) is 0 Å². The molecule has 0 amide bonds. The van der Waals surface area contributed by atoms with E-state index in [1.165, 1.54) is 50.0 Å². The van der Waals surface area contributed by atoms with Gasteiger partial charge in [0.25, 0.3) is 0 Å². The van der Waals surface area contributed by atoms with Crippen molar-refractivity contribution in [1.29, 1.82) is 0 Å². The van der Waals surface area contributed by atoms with Crippen LogP contribution in [0.3, 0.4) is 0 Å². The van der Waals surface area contributed by atoms with Gasteiger partial charge in [0.05, 0.1) is 0 Å². The van der Waals surface area contributed by atoms with Crippen LogP contribution in [0, 0.1) is 0 Å². The zero-order chi connectivity index (χ0) is 11.4. The zero-order valence-corrected chi connectivity index (χ0v) is 10.6. The van der Waals surface area contributed by atoms with Crippen LogP contribution in [0.25, 0.3) is 0 Å². The number of benzene rings is 1. The van der Waals surface area contributed by atoms with Gasteiger partial charge in [-0.25, -0.2) is 0 Å². The maximum Gasteiger partial charge on any atom is 0.0366 e. The highest BCUT2D eigenvalue weighted by Gasteiger charge is 2.12. The van der Waals surface area contributed by atoms with Crippen LogP contribution in [0.5, 0.6) is 0 Å². The van der Waals surface area contributed by atoms with Crippen molar-refractivity contribution in [3.8, 4) is 0 Å². The van der Waals surface area contributed by atoms with Gasteiger partial charge in [-0.2, -0.15) is 0 Å². The molecule has 0 saturated carbocycles. The third-order valence-electron chi connectivity index (χ3n) is 3.66. The Labute approximate surface area is 99.5 Å². The van der Waals surface area contributed by atoms with Crippen LogP contribution in [-0.2, 0) is 0 Å². The average Bonchev–Trinajstić information content (AvgIpc) is 2.83. The molecule has 16 heavy (non-hydrogen) atoms. The Morgan fingerprint density at radius 3 is 2.31 bits per heavy atom. The normalized spacial score (nSPS) is 17.8. The van der Waals surface area contributed by atoms with Gasteiger partial charge in [-0.05, 0) is 42.9 Å². The molecule has 1 nitrogen and oxygen atoms in total. The molecule has 1 unspecified atom stereocenters. The van der Waals surface area contributed by atoms with Crippen LogP contribution in [0.4, 0.5) is 5.69 Å². The van der Waals surface area contributed by atoms with Crippen molar-refractivity contribution in [2.75, 3.05) is 18.0 Å². The molecule has 1 atom stereocenters. The Kier molecular flexibility index (Phi) is 3.87. The lowest BCUT2D eigenvalue weighted by Gasteiger charge is -2.19. The molecule has 0 N–H and O–H groups in total. The van der Waals surface area contributed by atoms with Gasteiger partial charge in [-0.1, -0.05) is 32.4 Å². The second-order valence-electron chi connectivity index (χ2n) is 4.98. The van der Waals surface area contributed by atoms with Crippen molar-refractivity contribution < 1.29 is 0 Å². The van der Waals surface area contributed by atoms with Gasteiger partial charge in [0.15, 0.2) is 0 Å². The molecule has 1 aromatic rings. The molecule has 2 rings (SSSR count). The molecule has 0 radical (unpaired) electrons. The number of anilines is 1. The number of hydrogen-bond donors (Lipinski definition) is 0. The summed E-state index contributed by atoms with van der Waals surface area (Å²) in [5, 5.41) is 0. The largest absolute Gasteiger partial charge is 0.372 e. The average molecular weight is 217 g/mol. The fraction of sp³-hybridized carbons (Fsp3) is 0.600. The molecule has 0 aromatic heterocycles. The molecule has 88 valence electrons. The number of hydrogen-bond acceptors (Lipinski definition) is 1. The highest BCUT2D eigenvalue weighted by molar-refractivity contribution is 5.48. The molecule has 1 fully saturated rings. The number of nitrogens with zero attached hydrogens (tertiary/aromatic N) is 1. The topological polar surface area (TPSA) is 3.24 Å². The summed E-state index contributed by atoms with van der Waals surface area (Å²) < 4.78 is 0. The lowest BCUT2D eigenvalue weighted by Crippen LogP contribution is -2.17. The molecule has 0 spiro atoms. The summed E-state index contributed by atoms with van der Waals surface area (Å²) in [5.41, 5.74) is 2.90. The van der Waals surface area contributed by atoms with Crippen molar-refractivity contribution in [3.63, 3.8) is 0 Å². The third-order valence-corrected chi connectivity index (χ3v) is 3.66. The molecule has 1 aromatic carbocycles. The molecule has 1 aliphatic heterocycles. The summed E-state index contributed by atoms with van der Waals surface area (Å²) in [6, 6.07) is 9.22. The van der Waals surface area contributed by atoms with Crippen LogP contribution in [0.2, 0.25) is 0 Å². The Hall–Kier alpha value is -0.980. The second-order valence-corrected chi connectivity index (χ2v) is 4.98. The van der Waals surface area contributed by atoms with Crippen LogP contribution < -0.4 is 4.90 Å². The van der Waals surface area contributed by atoms with E-state index in [2.05, 4.69) is 43.0 Å². The fourth-order valence-corrected chi connectivity index (χ4v) is 2.59. The predicted molar refractivity (Wildman–Crippen MR) is 71.2 cm³/mol. The van der Waals surface area contributed by atoms with E-state index in [0.29, 0.717) is 5.92 Å². The van der Waals surface area contributed by atoms with Gasteiger partial charge >= 0.3 is 0 Å². The Morgan fingerprint density at radius 2 is 1.75 bits per heavy atom. The highest BCUT2D eigenvalue weighted by atomic mass is 15.1. The van der Waals surface area contributed by atoms with E-state index < -0.39 is 0 Å². The molecule has 1 heterocycles. The number of rotatable bonds is 4. The van der Waals surface area contributed by atoms with E-state index >= 15 is 0 Å². The predicted octanol–water partition coefficient (Wildman–Crippen LogP) is 4.19. The minimum atomic E-state index is 0.706. The molecular weight excluding hydrogens is 194 g/mol. The minimum Gasteiger partial charge on any atom is -0.372 e. The first-order valence-electron chi connectivity index (χ1n) is 6.66. The maximum absolute atomic E-state index is 2.49. The second kappa shape index (κ2) is 5.38. The van der Waals surface area contributed by atoms with E-state index in [9.17, 15) is 0 Å². The fourth-order valence-electron chi connectivity index (χ4n) is 2.59. The quantitative estimate of drug-likeness (QED) is 0.731. The van der Waals surface area contributed by atoms with Gasteiger partial charge in [-0.15, -0.1) is 0 Å². The summed E-state index contributed by atoms with van der Waals surface area (Å²) in [4.78, 5) is 2.49. The minimum absolute atomic E-state index is 0.706. The maximum atomic E-state index is 2.49. The summed E-state index contributed by atoms with van der Waals surface area (Å²) in [7, 11) is 0. The monoisotopic (exact) mass is 217 g/mol. The third kappa shape index (κ3) is 2.58. The summed E-state index contributed by atoms with van der Waals surface area (Å²) >= 11 is 0. The molecule has 1 saturated heterocycles. The molecule has 1 heteroatoms. The van der Waals surface area contributed by atoms with Crippen molar-refractivity contribution in [3.05, 3.63) is 29.8 Å². The van der Waals surface area contributed by atoms with E-state index in [-0.39, 0.29) is 0 Å². The van der Waals surface area contributed by atoms with E-state index in [4.69, 9.17) is 0 Å². The highest BCUT2D eigenvalue weighted by Crippen LogP contribution is 2.25. The Bertz CT molecular complexity index is 309. The first-order valence-corrected chi connectivity index (χ1v) is 6.66. The zero-order valence-electron chi connectivity index (χ0n) is 10.6. The van der Waals surface area contributed by atoms with Gasteiger partial charge < -0.3 is 4.90 Å². The molecule has 0 bridgehead atoms. The van der Waals surface area contributed by atoms with Gasteiger partial charge in [0, 0.05) is 18.8 Å².